The predicted octanol–water partition coefficient (Wildman–Crippen LogP) is -9.07. The van der Waals surface area contributed by atoms with Crippen LogP contribution >= 0.6 is 0 Å². The summed E-state index contributed by atoms with van der Waals surface area (Å²) in [7, 11) is 3.30. The van der Waals surface area contributed by atoms with Gasteiger partial charge in [-0.3, -0.25) is 0 Å². The molecule has 0 N–H and O–H groups in total. The van der Waals surface area contributed by atoms with Crippen LogP contribution in [0.25, 0.3) is 0 Å². The van der Waals surface area contributed by atoms with Crippen molar-refractivity contribution in [3.63, 3.8) is 0 Å². The molecule has 0 radical (unpaired) electrons. The van der Waals surface area contributed by atoms with Crippen LogP contribution in [-0.4, -0.2) is 49.1 Å². The summed E-state index contributed by atoms with van der Waals surface area (Å²) in [6.45, 7) is 2.62. The van der Waals surface area contributed by atoms with Gasteiger partial charge >= 0.3 is 8.41 Å². The molecule has 13 heavy (non-hydrogen) atoms. The average Bonchev–Trinajstić information content (AvgIpc) is 1.89. The van der Waals surface area contributed by atoms with Crippen molar-refractivity contribution in [1.29, 1.82) is 0 Å². The summed E-state index contributed by atoms with van der Waals surface area (Å²) in [6, 6.07) is 0. The fraction of sp³-hybridized carbons (Fsp3) is 1.00. The van der Waals surface area contributed by atoms with Crippen molar-refractivity contribution in [2.45, 2.75) is 0 Å². The van der Waals surface area contributed by atoms with E-state index >= 15 is 0 Å². The van der Waals surface area contributed by atoms with Crippen molar-refractivity contribution in [3.05, 3.63) is 0 Å². The summed E-state index contributed by atoms with van der Waals surface area (Å²) >= 11 is 0. The van der Waals surface area contributed by atoms with Gasteiger partial charge in [-0.05, 0) is 0 Å². The fourth-order valence-corrected chi connectivity index (χ4v) is 0.387. The first-order valence-corrected chi connectivity index (χ1v) is 2.97. The van der Waals surface area contributed by atoms with Crippen LogP contribution in [0, 0.1) is 0 Å². The van der Waals surface area contributed by atoms with Crippen LogP contribution in [0.5, 0.6) is 0 Å². The molecule has 0 aliphatic heterocycles. The minimum atomic E-state index is 0. The molecule has 0 aliphatic carbocycles. The maximum atomic E-state index is 5.06. The van der Waals surface area contributed by atoms with Crippen LogP contribution in [0.15, 0.2) is 0 Å². The van der Waals surface area contributed by atoms with Gasteiger partial charge in [0.15, 0.2) is 0 Å². The molecule has 0 saturated carbocycles. The maximum Gasteiger partial charge on any atom is 3.00 e. The molecule has 0 unspecified atom stereocenters. The van der Waals surface area contributed by atoms with Crippen molar-refractivity contribution in [1.82, 2.24) is 0 Å². The Hall–Kier alpha value is -0.265. The molecular formula is C6H14BF3O3. The van der Waals surface area contributed by atoms with E-state index < -0.39 is 0 Å². The molecule has 0 aromatic rings. The molecule has 0 rings (SSSR count). The fourth-order valence-electron chi connectivity index (χ4n) is 0.387. The van der Waals surface area contributed by atoms with Crippen LogP contribution in [0.3, 0.4) is 0 Å². The third kappa shape index (κ3) is 33.8. The van der Waals surface area contributed by atoms with Crippen molar-refractivity contribution >= 4 is 8.41 Å². The van der Waals surface area contributed by atoms with Gasteiger partial charge in [-0.15, -0.1) is 0 Å². The smallest absolute Gasteiger partial charge is 1.00 e. The van der Waals surface area contributed by atoms with Crippen molar-refractivity contribution in [2.75, 3.05) is 40.6 Å². The number of methoxy groups -OCH3 is 2. The van der Waals surface area contributed by atoms with E-state index in [4.69, 9.17) is 14.2 Å². The standard InChI is InChI=1S/C6H14O3.B.3FH/c1-7-3-5-9-6-4-8-2;;;;/h3-6H2,1-2H3;;3*1H/q;+3;;;/p-3. The summed E-state index contributed by atoms with van der Waals surface area (Å²) in [4.78, 5) is 0. The molecule has 0 atom stereocenters. The van der Waals surface area contributed by atoms with Gasteiger partial charge in [0.25, 0.3) is 0 Å². The van der Waals surface area contributed by atoms with Gasteiger partial charge in [0.1, 0.15) is 0 Å². The molecule has 0 amide bonds. The molecule has 3 nitrogen and oxygen atoms in total. The summed E-state index contributed by atoms with van der Waals surface area (Å²) in [5.41, 5.74) is 0. The Labute approximate surface area is 78.4 Å². The summed E-state index contributed by atoms with van der Waals surface area (Å²) < 4.78 is 14.6. The second-order valence-electron chi connectivity index (χ2n) is 1.60. The monoisotopic (exact) mass is 202 g/mol. The molecule has 0 aromatic carbocycles. The van der Waals surface area contributed by atoms with E-state index in [0.29, 0.717) is 26.4 Å². The molecule has 0 spiro atoms. The second-order valence-corrected chi connectivity index (χ2v) is 1.60. The van der Waals surface area contributed by atoms with E-state index in [1.807, 2.05) is 0 Å². The number of hydrogen-bond acceptors (Lipinski definition) is 3. The number of halogens is 3. The van der Waals surface area contributed by atoms with Crippen molar-refractivity contribution in [2.24, 2.45) is 0 Å². The summed E-state index contributed by atoms with van der Waals surface area (Å²) in [6.07, 6.45) is 0. The molecule has 0 bridgehead atoms. The first-order chi connectivity index (χ1) is 4.41. The summed E-state index contributed by atoms with van der Waals surface area (Å²) in [5, 5.41) is 0. The largest absolute Gasteiger partial charge is 3.00 e. The molecule has 7 heteroatoms. The zero-order valence-corrected chi connectivity index (χ0v) is 7.76. The van der Waals surface area contributed by atoms with Gasteiger partial charge in [0, 0.05) is 14.2 Å². The SMILES string of the molecule is COCCOCCOC.[B+3].[F-].[F-].[F-]. The second kappa shape index (κ2) is 29.8. The zero-order valence-electron chi connectivity index (χ0n) is 7.76. The van der Waals surface area contributed by atoms with Gasteiger partial charge in [-0.25, -0.2) is 0 Å². The quantitative estimate of drug-likeness (QED) is 0.316. The van der Waals surface area contributed by atoms with Gasteiger partial charge in [-0.2, -0.15) is 0 Å². The first-order valence-electron chi connectivity index (χ1n) is 2.97. The average molecular weight is 202 g/mol. The van der Waals surface area contributed by atoms with Crippen LogP contribution < -0.4 is 14.1 Å². The third-order valence-electron chi connectivity index (χ3n) is 0.864. The Morgan fingerprint density at radius 2 is 1.00 bits per heavy atom. The normalized spacial score (nSPS) is 6.92. The Morgan fingerprint density at radius 3 is 1.23 bits per heavy atom. The van der Waals surface area contributed by atoms with E-state index in [1.165, 1.54) is 0 Å². The Morgan fingerprint density at radius 1 is 0.692 bits per heavy atom. The van der Waals surface area contributed by atoms with Crippen molar-refractivity contribution in [3.8, 4) is 0 Å². The zero-order chi connectivity index (χ0) is 6.95. The van der Waals surface area contributed by atoms with Gasteiger partial charge < -0.3 is 28.3 Å². The Balaban J connectivity index is -0.0000000533. The molecular weight excluding hydrogens is 188 g/mol. The van der Waals surface area contributed by atoms with E-state index in [0.717, 1.165) is 0 Å². The minimum Gasteiger partial charge on any atom is -1.00 e. The van der Waals surface area contributed by atoms with Gasteiger partial charge in [-0.1, -0.05) is 0 Å². The van der Waals surface area contributed by atoms with E-state index in [1.54, 1.807) is 14.2 Å². The van der Waals surface area contributed by atoms with E-state index in [-0.39, 0.29) is 22.5 Å². The maximum absolute atomic E-state index is 5.06. The molecule has 0 saturated heterocycles. The predicted molar refractivity (Wildman–Crippen MR) is 40.3 cm³/mol. The van der Waals surface area contributed by atoms with Crippen LogP contribution in [0.1, 0.15) is 0 Å². The molecule has 0 aliphatic rings. The Kier molecular flexibility index (Phi) is 67.2. The molecule has 0 aromatic heterocycles. The van der Waals surface area contributed by atoms with Crippen LogP contribution in [0.2, 0.25) is 0 Å². The van der Waals surface area contributed by atoms with Crippen LogP contribution in [-0.2, 0) is 14.2 Å². The van der Waals surface area contributed by atoms with E-state index in [9.17, 15) is 0 Å². The van der Waals surface area contributed by atoms with Crippen molar-refractivity contribution < 1.29 is 28.3 Å². The topological polar surface area (TPSA) is 27.7 Å². The molecule has 80 valence electrons. The molecule has 0 fully saturated rings. The third-order valence-corrected chi connectivity index (χ3v) is 0.864. The molecule has 0 heterocycles. The number of ether oxygens (including phenoxy) is 3. The first kappa shape index (κ1) is 29.3. The van der Waals surface area contributed by atoms with E-state index in [2.05, 4.69) is 0 Å². The Bertz CT molecular complexity index is 56.4. The minimum absolute atomic E-state index is 0. The van der Waals surface area contributed by atoms with Crippen LogP contribution in [0.4, 0.5) is 0 Å². The van der Waals surface area contributed by atoms with Gasteiger partial charge in [0.05, 0.1) is 26.4 Å². The number of hydrogen-bond donors (Lipinski definition) is 0. The van der Waals surface area contributed by atoms with Gasteiger partial charge in [0.2, 0.25) is 0 Å². The summed E-state index contributed by atoms with van der Waals surface area (Å²) in [5.74, 6) is 0. The number of rotatable bonds is 6.